The van der Waals surface area contributed by atoms with E-state index in [4.69, 9.17) is 4.74 Å². The van der Waals surface area contributed by atoms with Gasteiger partial charge in [0.15, 0.2) is 24.8 Å². The van der Waals surface area contributed by atoms with Crippen molar-refractivity contribution in [2.24, 2.45) is 7.05 Å². The van der Waals surface area contributed by atoms with E-state index in [-0.39, 0.29) is 0 Å². The third kappa shape index (κ3) is 6.14. The predicted molar refractivity (Wildman–Crippen MR) is 126 cm³/mol. The van der Waals surface area contributed by atoms with Crippen LogP contribution in [0.15, 0.2) is 91.5 Å². The molecule has 3 nitrogen and oxygen atoms in total. The summed E-state index contributed by atoms with van der Waals surface area (Å²) in [5.41, 5.74) is 2.53. The summed E-state index contributed by atoms with van der Waals surface area (Å²) >= 11 is 0. The van der Waals surface area contributed by atoms with Crippen molar-refractivity contribution in [2.45, 2.75) is 38.6 Å². The van der Waals surface area contributed by atoms with E-state index >= 15 is 0 Å². The first-order valence-electron chi connectivity index (χ1n) is 11.3. The van der Waals surface area contributed by atoms with Crippen molar-refractivity contribution in [3.63, 3.8) is 0 Å². The summed E-state index contributed by atoms with van der Waals surface area (Å²) < 4.78 is 10.3. The third-order valence-corrected chi connectivity index (χ3v) is 5.75. The fraction of sp³-hybridized carbons (Fsp3) is 0.286. The lowest BCUT2D eigenvalue weighted by molar-refractivity contribution is -0.697. The second kappa shape index (κ2) is 10.7. The van der Waals surface area contributed by atoms with Crippen LogP contribution < -0.4 is 13.9 Å². The van der Waals surface area contributed by atoms with Gasteiger partial charge in [-0.25, -0.2) is 9.13 Å². The molecule has 2 aromatic heterocycles. The van der Waals surface area contributed by atoms with E-state index in [2.05, 4.69) is 101 Å². The number of unbranched alkanes of at least 4 members (excludes halogenated alkanes) is 4. The lowest BCUT2D eigenvalue weighted by atomic mass is 10.1. The van der Waals surface area contributed by atoms with Crippen LogP contribution >= 0.6 is 0 Å². The molecule has 0 aliphatic carbocycles. The topological polar surface area (TPSA) is 17.0 Å². The summed E-state index contributed by atoms with van der Waals surface area (Å²) in [6, 6.07) is 23.5. The van der Waals surface area contributed by atoms with Crippen molar-refractivity contribution < 1.29 is 13.9 Å². The number of fused-ring (bicyclic) bond motifs is 1. The quantitative estimate of drug-likeness (QED) is 0.243. The Morgan fingerprint density at radius 1 is 0.645 bits per heavy atom. The number of rotatable bonds is 10. The molecule has 0 fully saturated rings. The smallest absolute Gasteiger partial charge is 0.169 e. The van der Waals surface area contributed by atoms with E-state index < -0.39 is 0 Å². The molecule has 0 bridgehead atoms. The molecule has 2 heterocycles. The van der Waals surface area contributed by atoms with Gasteiger partial charge in [-0.05, 0) is 46.9 Å². The van der Waals surface area contributed by atoms with Gasteiger partial charge in [-0.3, -0.25) is 0 Å². The van der Waals surface area contributed by atoms with Crippen molar-refractivity contribution in [1.29, 1.82) is 0 Å². The average Bonchev–Trinajstić information content (AvgIpc) is 2.81. The highest BCUT2D eigenvalue weighted by molar-refractivity contribution is 5.83. The number of ether oxygens (including phenoxy) is 1. The highest BCUT2D eigenvalue weighted by atomic mass is 16.5. The van der Waals surface area contributed by atoms with Crippen molar-refractivity contribution in [2.75, 3.05) is 6.61 Å². The third-order valence-electron chi connectivity index (χ3n) is 5.75. The molecule has 0 spiro atoms. The van der Waals surface area contributed by atoms with Gasteiger partial charge < -0.3 is 4.74 Å². The Morgan fingerprint density at radius 3 is 2.06 bits per heavy atom. The van der Waals surface area contributed by atoms with Gasteiger partial charge in [-0.1, -0.05) is 43.2 Å². The highest BCUT2D eigenvalue weighted by Crippen LogP contribution is 2.21. The van der Waals surface area contributed by atoms with Gasteiger partial charge in [-0.2, -0.15) is 0 Å². The lowest BCUT2D eigenvalue weighted by Gasteiger charge is -2.07. The summed E-state index contributed by atoms with van der Waals surface area (Å²) in [6.07, 6.45) is 14.6. The molecule has 0 amide bonds. The largest absolute Gasteiger partial charge is 0.494 e. The Labute approximate surface area is 185 Å². The fourth-order valence-electron chi connectivity index (χ4n) is 3.87. The molecular weight excluding hydrogens is 380 g/mol. The van der Waals surface area contributed by atoms with Crippen molar-refractivity contribution >= 4 is 10.8 Å². The Kier molecular flexibility index (Phi) is 7.28. The SMILES string of the molecule is C[n+]1ccc(-c2cc[n+](CCCCCCCOc3ccc4ccccc4c3)cc2)cc1. The molecule has 31 heavy (non-hydrogen) atoms. The maximum Gasteiger partial charge on any atom is 0.169 e. The normalized spacial score (nSPS) is 11.0. The number of hydrogen-bond donors (Lipinski definition) is 0. The number of pyridine rings is 2. The Hall–Kier alpha value is -3.20. The molecule has 0 saturated carbocycles. The maximum absolute atomic E-state index is 5.94. The number of nitrogens with zero attached hydrogens (tertiary/aromatic N) is 2. The van der Waals surface area contributed by atoms with Gasteiger partial charge in [0.2, 0.25) is 0 Å². The average molecular weight is 413 g/mol. The van der Waals surface area contributed by atoms with Crippen LogP contribution in [0.1, 0.15) is 32.1 Å². The van der Waals surface area contributed by atoms with E-state index in [0.717, 1.165) is 25.3 Å². The van der Waals surface area contributed by atoms with Gasteiger partial charge in [0.05, 0.1) is 6.61 Å². The molecule has 0 saturated heterocycles. The first-order chi connectivity index (χ1) is 15.3. The minimum absolute atomic E-state index is 0.798. The number of aromatic nitrogens is 2. The second-order valence-corrected chi connectivity index (χ2v) is 8.20. The molecule has 158 valence electrons. The molecule has 0 N–H and O–H groups in total. The Bertz CT molecular complexity index is 1090. The first kappa shape index (κ1) is 21.0. The van der Waals surface area contributed by atoms with Crippen molar-refractivity contribution in [3.05, 3.63) is 91.5 Å². The van der Waals surface area contributed by atoms with Crippen LogP contribution in [0.3, 0.4) is 0 Å². The standard InChI is InChI=1S/C28H32N2O/c1-29-18-13-25(14-19-29)26-15-20-30(21-16-26)17-7-3-2-4-8-22-31-28-12-11-24-9-5-6-10-27(24)23-28/h5-6,9-16,18-21,23H,2-4,7-8,17,22H2,1H3/q+2. The minimum Gasteiger partial charge on any atom is -0.494 e. The zero-order chi connectivity index (χ0) is 21.3. The van der Waals surface area contributed by atoms with Crippen molar-refractivity contribution in [1.82, 2.24) is 0 Å². The lowest BCUT2D eigenvalue weighted by Crippen LogP contribution is -2.32. The minimum atomic E-state index is 0.798. The Balaban J connectivity index is 1.10. The molecule has 0 unspecified atom stereocenters. The van der Waals surface area contributed by atoms with Gasteiger partial charge >= 0.3 is 0 Å². The number of aryl methyl sites for hydroxylation is 2. The van der Waals surface area contributed by atoms with E-state index in [0.29, 0.717) is 0 Å². The van der Waals surface area contributed by atoms with Crippen LogP contribution in [0.4, 0.5) is 0 Å². The molecule has 0 aliphatic rings. The van der Waals surface area contributed by atoms with Crippen LogP contribution in [0, 0.1) is 0 Å². The zero-order valence-electron chi connectivity index (χ0n) is 18.4. The van der Waals surface area contributed by atoms with Gasteiger partial charge in [0, 0.05) is 30.7 Å². The van der Waals surface area contributed by atoms with Gasteiger partial charge in [0.1, 0.15) is 19.3 Å². The van der Waals surface area contributed by atoms with Crippen molar-refractivity contribution in [3.8, 4) is 16.9 Å². The number of hydrogen-bond acceptors (Lipinski definition) is 1. The Morgan fingerprint density at radius 2 is 1.29 bits per heavy atom. The van der Waals surface area contributed by atoms with E-state index in [9.17, 15) is 0 Å². The molecule has 4 rings (SSSR count). The zero-order valence-corrected chi connectivity index (χ0v) is 18.4. The fourth-order valence-corrected chi connectivity index (χ4v) is 3.87. The van der Waals surface area contributed by atoms with Crippen LogP contribution in [-0.2, 0) is 13.6 Å². The summed E-state index contributed by atoms with van der Waals surface area (Å²) in [7, 11) is 2.04. The van der Waals surface area contributed by atoms with Crippen LogP contribution in [-0.4, -0.2) is 6.61 Å². The summed E-state index contributed by atoms with van der Waals surface area (Å²) in [5, 5.41) is 2.50. The molecule has 0 radical (unpaired) electrons. The van der Waals surface area contributed by atoms with E-state index in [1.165, 1.54) is 47.6 Å². The second-order valence-electron chi connectivity index (χ2n) is 8.20. The molecule has 0 atom stereocenters. The van der Waals surface area contributed by atoms with E-state index in [1.54, 1.807) is 0 Å². The number of benzene rings is 2. The monoisotopic (exact) mass is 412 g/mol. The summed E-state index contributed by atoms with van der Waals surface area (Å²) in [5.74, 6) is 0.975. The van der Waals surface area contributed by atoms with Crippen LogP contribution in [0.5, 0.6) is 5.75 Å². The predicted octanol–water partition coefficient (Wildman–Crippen LogP) is 5.65. The summed E-state index contributed by atoms with van der Waals surface area (Å²) in [4.78, 5) is 0. The van der Waals surface area contributed by atoms with Crippen LogP contribution in [0.2, 0.25) is 0 Å². The molecule has 2 aromatic carbocycles. The molecule has 0 aliphatic heterocycles. The highest BCUT2D eigenvalue weighted by Gasteiger charge is 2.04. The molecule has 4 aromatic rings. The van der Waals surface area contributed by atoms with Gasteiger partial charge in [0.25, 0.3) is 0 Å². The molecular formula is C28H32N2O+2. The molecule has 3 heteroatoms. The maximum atomic E-state index is 5.94. The first-order valence-corrected chi connectivity index (χ1v) is 11.3. The van der Waals surface area contributed by atoms with E-state index in [1.807, 2.05) is 7.05 Å². The van der Waals surface area contributed by atoms with Crippen LogP contribution in [0.25, 0.3) is 21.9 Å². The summed E-state index contributed by atoms with van der Waals surface area (Å²) in [6.45, 7) is 1.88. The van der Waals surface area contributed by atoms with Gasteiger partial charge in [-0.15, -0.1) is 0 Å².